The highest BCUT2D eigenvalue weighted by atomic mass is 32.1. The maximum absolute atomic E-state index is 12.2. The Morgan fingerprint density at radius 1 is 1.14 bits per heavy atom. The van der Waals surface area contributed by atoms with Gasteiger partial charge in [-0.3, -0.25) is 4.79 Å². The van der Waals surface area contributed by atoms with Crippen molar-refractivity contribution in [2.75, 3.05) is 13.2 Å². The molecule has 0 atom stereocenters. The minimum atomic E-state index is 0.0340. The molecule has 0 unspecified atom stereocenters. The van der Waals surface area contributed by atoms with Gasteiger partial charge in [0.1, 0.15) is 13.2 Å². The number of carbonyl (C=O) groups is 1. The second-order valence-electron chi connectivity index (χ2n) is 4.93. The van der Waals surface area contributed by atoms with E-state index < -0.39 is 0 Å². The van der Waals surface area contributed by atoms with Gasteiger partial charge in [-0.15, -0.1) is 11.3 Å². The van der Waals surface area contributed by atoms with E-state index in [1.54, 1.807) is 17.4 Å². The molecule has 3 nitrogen and oxygen atoms in total. The van der Waals surface area contributed by atoms with E-state index in [4.69, 9.17) is 9.47 Å². The quantitative estimate of drug-likeness (QED) is 0.634. The van der Waals surface area contributed by atoms with Crippen LogP contribution in [0.15, 0.2) is 30.3 Å². The number of hydrogen-bond donors (Lipinski definition) is 0. The Morgan fingerprint density at radius 2 is 1.90 bits per heavy atom. The van der Waals surface area contributed by atoms with Gasteiger partial charge in [0.05, 0.1) is 0 Å². The zero-order valence-electron chi connectivity index (χ0n) is 12.0. The zero-order chi connectivity index (χ0) is 14.8. The molecule has 0 saturated heterocycles. The average Bonchev–Trinajstić information content (AvgIpc) is 2.83. The molecule has 21 heavy (non-hydrogen) atoms. The van der Waals surface area contributed by atoms with Crippen molar-refractivity contribution in [1.29, 1.82) is 0 Å². The number of carbonyl (C=O) groups excluding carboxylic acids is 1. The minimum absolute atomic E-state index is 0.0340. The van der Waals surface area contributed by atoms with Gasteiger partial charge in [0.2, 0.25) is 0 Å². The predicted molar refractivity (Wildman–Crippen MR) is 84.6 cm³/mol. The summed E-state index contributed by atoms with van der Waals surface area (Å²) in [6, 6.07) is 7.63. The lowest BCUT2D eigenvalue weighted by atomic mass is 10.1. The number of fused-ring (bicyclic) bond motifs is 1. The molecule has 0 N–H and O–H groups in total. The summed E-state index contributed by atoms with van der Waals surface area (Å²) < 4.78 is 11.0. The van der Waals surface area contributed by atoms with Crippen LogP contribution in [0.5, 0.6) is 11.5 Å². The molecule has 1 aromatic carbocycles. The summed E-state index contributed by atoms with van der Waals surface area (Å²) in [5, 5.41) is 0. The number of ether oxygens (including phenoxy) is 2. The van der Waals surface area contributed by atoms with Crippen LogP contribution in [-0.2, 0) is 0 Å². The Hall–Kier alpha value is -2.07. The van der Waals surface area contributed by atoms with E-state index >= 15 is 0 Å². The smallest absolute Gasteiger partial charge is 0.186 e. The lowest BCUT2D eigenvalue weighted by Gasteiger charge is -2.18. The van der Waals surface area contributed by atoms with Gasteiger partial charge in [0, 0.05) is 15.3 Å². The van der Waals surface area contributed by atoms with Crippen LogP contribution in [0, 0.1) is 13.8 Å². The van der Waals surface area contributed by atoms with Crippen molar-refractivity contribution in [3.05, 3.63) is 51.2 Å². The summed E-state index contributed by atoms with van der Waals surface area (Å²) >= 11 is 1.65. The highest BCUT2D eigenvalue weighted by molar-refractivity contribution is 7.12. The maximum Gasteiger partial charge on any atom is 0.186 e. The van der Waals surface area contributed by atoms with E-state index in [0.717, 1.165) is 32.4 Å². The van der Waals surface area contributed by atoms with Gasteiger partial charge in [0.15, 0.2) is 17.3 Å². The van der Waals surface area contributed by atoms with E-state index in [-0.39, 0.29) is 5.78 Å². The third-order valence-electron chi connectivity index (χ3n) is 3.30. The number of aryl methyl sites for hydroxylation is 2. The molecule has 108 valence electrons. The summed E-state index contributed by atoms with van der Waals surface area (Å²) in [4.78, 5) is 14.4. The van der Waals surface area contributed by atoms with Crippen LogP contribution < -0.4 is 9.47 Å². The average molecular weight is 300 g/mol. The van der Waals surface area contributed by atoms with Crippen molar-refractivity contribution in [3.63, 3.8) is 0 Å². The van der Waals surface area contributed by atoms with Crippen LogP contribution in [0.25, 0.3) is 6.08 Å². The van der Waals surface area contributed by atoms with Crippen LogP contribution in [-0.4, -0.2) is 19.0 Å². The van der Waals surface area contributed by atoms with Crippen molar-refractivity contribution in [1.82, 2.24) is 0 Å². The number of rotatable bonds is 3. The van der Waals surface area contributed by atoms with Crippen molar-refractivity contribution < 1.29 is 14.3 Å². The second-order valence-corrected chi connectivity index (χ2v) is 6.39. The summed E-state index contributed by atoms with van der Waals surface area (Å²) in [7, 11) is 0. The standard InChI is InChI=1S/C17H16O3S/c1-11-9-14(12(2)21-11)15(18)5-3-13-4-6-16-17(10-13)20-8-7-19-16/h3-6,9-10H,7-8H2,1-2H3. The monoisotopic (exact) mass is 300 g/mol. The largest absolute Gasteiger partial charge is 0.486 e. The molecule has 1 aliphatic heterocycles. The second kappa shape index (κ2) is 5.74. The molecule has 0 fully saturated rings. The molecule has 0 radical (unpaired) electrons. The fourth-order valence-electron chi connectivity index (χ4n) is 2.30. The van der Waals surface area contributed by atoms with Gasteiger partial charge < -0.3 is 9.47 Å². The first-order valence-corrected chi connectivity index (χ1v) is 7.64. The van der Waals surface area contributed by atoms with Gasteiger partial charge in [-0.1, -0.05) is 12.1 Å². The summed E-state index contributed by atoms with van der Waals surface area (Å²) in [6.07, 6.45) is 3.42. The number of thiophene rings is 1. The number of benzene rings is 1. The topological polar surface area (TPSA) is 35.5 Å². The fourth-order valence-corrected chi connectivity index (χ4v) is 3.23. The van der Waals surface area contributed by atoms with E-state index in [2.05, 4.69) is 0 Å². The first kappa shape index (κ1) is 13.9. The highest BCUT2D eigenvalue weighted by Gasteiger charge is 2.12. The molecule has 2 aromatic rings. The van der Waals surface area contributed by atoms with E-state index in [1.165, 1.54) is 0 Å². The molecule has 0 spiro atoms. The SMILES string of the molecule is Cc1cc(C(=O)C=Cc2ccc3c(c2)OCCO3)c(C)s1. The Morgan fingerprint density at radius 3 is 2.62 bits per heavy atom. The first-order chi connectivity index (χ1) is 10.1. The zero-order valence-corrected chi connectivity index (χ0v) is 12.8. The molecular weight excluding hydrogens is 284 g/mol. The third-order valence-corrected chi connectivity index (χ3v) is 4.27. The van der Waals surface area contributed by atoms with E-state index in [1.807, 2.05) is 44.2 Å². The minimum Gasteiger partial charge on any atom is -0.486 e. The van der Waals surface area contributed by atoms with Gasteiger partial charge in [-0.05, 0) is 43.7 Å². The van der Waals surface area contributed by atoms with Crippen molar-refractivity contribution in [3.8, 4) is 11.5 Å². The molecule has 4 heteroatoms. The number of hydrogen-bond acceptors (Lipinski definition) is 4. The molecular formula is C17H16O3S. The van der Waals surface area contributed by atoms with Crippen LogP contribution in [0.3, 0.4) is 0 Å². The van der Waals surface area contributed by atoms with Crippen molar-refractivity contribution >= 4 is 23.2 Å². The van der Waals surface area contributed by atoms with Crippen molar-refractivity contribution in [2.45, 2.75) is 13.8 Å². The van der Waals surface area contributed by atoms with Crippen LogP contribution in [0.2, 0.25) is 0 Å². The first-order valence-electron chi connectivity index (χ1n) is 6.82. The van der Waals surface area contributed by atoms with Crippen LogP contribution in [0.1, 0.15) is 25.7 Å². The molecule has 2 heterocycles. The van der Waals surface area contributed by atoms with E-state index in [9.17, 15) is 4.79 Å². The summed E-state index contributed by atoms with van der Waals surface area (Å²) in [5.41, 5.74) is 1.71. The Labute approximate surface area is 127 Å². The predicted octanol–water partition coefficient (Wildman–Crippen LogP) is 4.03. The Bertz CT molecular complexity index is 713. The van der Waals surface area contributed by atoms with Crippen LogP contribution in [0.4, 0.5) is 0 Å². The molecule has 1 aromatic heterocycles. The van der Waals surface area contributed by atoms with Crippen LogP contribution >= 0.6 is 11.3 Å². The Balaban J connectivity index is 1.79. The summed E-state index contributed by atoms with van der Waals surface area (Å²) in [6.45, 7) is 5.13. The highest BCUT2D eigenvalue weighted by Crippen LogP contribution is 2.31. The van der Waals surface area contributed by atoms with E-state index in [0.29, 0.717) is 13.2 Å². The number of allylic oxidation sites excluding steroid dienone is 1. The lowest BCUT2D eigenvalue weighted by Crippen LogP contribution is -2.15. The molecule has 0 aliphatic carbocycles. The molecule has 0 saturated carbocycles. The van der Waals surface area contributed by atoms with Gasteiger partial charge in [-0.25, -0.2) is 0 Å². The third kappa shape index (κ3) is 3.00. The van der Waals surface area contributed by atoms with Gasteiger partial charge in [-0.2, -0.15) is 0 Å². The molecule has 0 bridgehead atoms. The Kier molecular flexibility index (Phi) is 3.80. The fraction of sp³-hybridized carbons (Fsp3) is 0.235. The lowest BCUT2D eigenvalue weighted by molar-refractivity contribution is 0.104. The van der Waals surface area contributed by atoms with Gasteiger partial charge in [0.25, 0.3) is 0 Å². The maximum atomic E-state index is 12.2. The van der Waals surface area contributed by atoms with Gasteiger partial charge >= 0.3 is 0 Å². The molecule has 0 amide bonds. The van der Waals surface area contributed by atoms with Crippen molar-refractivity contribution in [2.24, 2.45) is 0 Å². The molecule has 3 rings (SSSR count). The summed E-state index contributed by atoms with van der Waals surface area (Å²) in [5.74, 6) is 1.53. The normalized spacial score (nSPS) is 13.6. The molecule has 1 aliphatic rings. The number of ketones is 1.